The van der Waals surface area contributed by atoms with Crippen LogP contribution in [-0.2, 0) is 17.8 Å². The lowest BCUT2D eigenvalue weighted by atomic mass is 10.2. The summed E-state index contributed by atoms with van der Waals surface area (Å²) in [5.74, 6) is 1.24. The fraction of sp³-hybridized carbons (Fsp3) is 0.222. The molecule has 0 saturated carbocycles. The summed E-state index contributed by atoms with van der Waals surface area (Å²) in [7, 11) is 1.74. The molecule has 0 unspecified atom stereocenters. The van der Waals surface area contributed by atoms with Crippen LogP contribution in [0.4, 0.5) is 4.39 Å². The quantitative estimate of drug-likeness (QED) is 0.701. The number of halogens is 1. The van der Waals surface area contributed by atoms with Crippen molar-refractivity contribution in [1.29, 1.82) is 0 Å². The van der Waals surface area contributed by atoms with E-state index in [4.69, 9.17) is 4.42 Å². The molecule has 4 nitrogen and oxygen atoms in total. The van der Waals surface area contributed by atoms with Gasteiger partial charge < -0.3 is 9.32 Å². The number of nitrogens with zero attached hydrogens (tertiary/aromatic N) is 2. The molecule has 0 spiro atoms. The molecule has 2 aromatic heterocycles. The van der Waals surface area contributed by atoms with E-state index in [0.717, 1.165) is 17.1 Å². The molecule has 0 atom stereocenters. The number of rotatable bonds is 5. The summed E-state index contributed by atoms with van der Waals surface area (Å²) in [5.41, 5.74) is 1.41. The number of carbonyl (C=O) groups is 1. The Labute approximate surface area is 143 Å². The molecule has 24 heavy (non-hydrogen) atoms. The van der Waals surface area contributed by atoms with E-state index in [0.29, 0.717) is 17.2 Å². The van der Waals surface area contributed by atoms with Gasteiger partial charge in [0.05, 0.1) is 18.7 Å². The number of hydrogen-bond acceptors (Lipinski definition) is 4. The van der Waals surface area contributed by atoms with Crippen LogP contribution in [0.25, 0.3) is 10.6 Å². The second-order valence-electron chi connectivity index (χ2n) is 5.59. The molecule has 0 radical (unpaired) electrons. The summed E-state index contributed by atoms with van der Waals surface area (Å²) >= 11 is 1.41. The van der Waals surface area contributed by atoms with Crippen molar-refractivity contribution >= 4 is 17.2 Å². The van der Waals surface area contributed by atoms with E-state index in [9.17, 15) is 9.18 Å². The van der Waals surface area contributed by atoms with Crippen molar-refractivity contribution in [1.82, 2.24) is 9.88 Å². The number of benzene rings is 1. The van der Waals surface area contributed by atoms with Gasteiger partial charge in [0, 0.05) is 18.0 Å². The molecule has 3 aromatic rings. The van der Waals surface area contributed by atoms with E-state index < -0.39 is 0 Å². The first kappa shape index (κ1) is 16.4. The molecule has 124 valence electrons. The van der Waals surface area contributed by atoms with Crippen molar-refractivity contribution < 1.29 is 13.6 Å². The smallest absolute Gasteiger partial charge is 0.228 e. The highest BCUT2D eigenvalue weighted by molar-refractivity contribution is 7.13. The van der Waals surface area contributed by atoms with E-state index >= 15 is 0 Å². The van der Waals surface area contributed by atoms with Gasteiger partial charge in [0.1, 0.15) is 22.3 Å². The van der Waals surface area contributed by atoms with Crippen molar-refractivity contribution in [3.8, 4) is 10.6 Å². The van der Waals surface area contributed by atoms with E-state index in [1.807, 2.05) is 24.4 Å². The largest absolute Gasteiger partial charge is 0.464 e. The predicted octanol–water partition coefficient (Wildman–Crippen LogP) is 4.05. The van der Waals surface area contributed by atoms with Crippen LogP contribution in [0.5, 0.6) is 0 Å². The molecule has 1 aromatic carbocycles. The maximum atomic E-state index is 13.3. The zero-order chi connectivity index (χ0) is 17.1. The third-order valence-electron chi connectivity index (χ3n) is 3.57. The molecule has 0 aliphatic carbocycles. The fourth-order valence-electron chi connectivity index (χ4n) is 2.32. The lowest BCUT2D eigenvalue weighted by Gasteiger charge is -2.14. The molecule has 0 fully saturated rings. The monoisotopic (exact) mass is 344 g/mol. The van der Waals surface area contributed by atoms with Crippen LogP contribution in [-0.4, -0.2) is 22.8 Å². The highest BCUT2D eigenvalue weighted by atomic mass is 32.1. The summed E-state index contributed by atoms with van der Waals surface area (Å²) in [6, 6.07) is 10.0. The third-order valence-corrected chi connectivity index (χ3v) is 4.51. The van der Waals surface area contributed by atoms with Crippen LogP contribution in [0.15, 0.2) is 46.2 Å². The van der Waals surface area contributed by atoms with Crippen LogP contribution in [0.3, 0.4) is 0 Å². The standard InChI is InChI=1S/C18H17FN2O2S/c1-12-6-7-16(23-12)10-21(2)17(22)9-15-11-24-18(20-15)13-4-3-5-14(19)8-13/h3-8,11H,9-10H2,1-2H3. The molecule has 0 bridgehead atoms. The van der Waals surface area contributed by atoms with Crippen molar-refractivity contribution in [2.24, 2.45) is 0 Å². The molecule has 0 aliphatic rings. The number of likely N-dealkylation sites (N-methyl/N-ethyl adjacent to an activating group) is 1. The Bertz CT molecular complexity index is 856. The van der Waals surface area contributed by atoms with Gasteiger partial charge in [-0.15, -0.1) is 11.3 Å². The number of aromatic nitrogens is 1. The topological polar surface area (TPSA) is 46.3 Å². The number of thiazole rings is 1. The normalized spacial score (nSPS) is 10.8. The van der Waals surface area contributed by atoms with Gasteiger partial charge in [-0.1, -0.05) is 12.1 Å². The van der Waals surface area contributed by atoms with E-state index in [1.165, 1.54) is 23.5 Å². The number of amides is 1. The Morgan fingerprint density at radius 3 is 2.88 bits per heavy atom. The zero-order valence-corrected chi connectivity index (χ0v) is 14.3. The SMILES string of the molecule is Cc1ccc(CN(C)C(=O)Cc2csc(-c3cccc(F)c3)n2)o1. The first-order valence-corrected chi connectivity index (χ1v) is 8.39. The second kappa shape index (κ2) is 6.97. The number of carbonyl (C=O) groups excluding carboxylic acids is 1. The van der Waals surface area contributed by atoms with Gasteiger partial charge in [0.15, 0.2) is 0 Å². The van der Waals surface area contributed by atoms with Gasteiger partial charge in [0.2, 0.25) is 5.91 Å². The summed E-state index contributed by atoms with van der Waals surface area (Å²) < 4.78 is 18.8. The highest BCUT2D eigenvalue weighted by Crippen LogP contribution is 2.24. The predicted molar refractivity (Wildman–Crippen MR) is 91.1 cm³/mol. The lowest BCUT2D eigenvalue weighted by Crippen LogP contribution is -2.27. The molecule has 1 amide bonds. The minimum absolute atomic E-state index is 0.0415. The first-order chi connectivity index (χ1) is 11.5. The van der Waals surface area contributed by atoms with Gasteiger partial charge in [-0.25, -0.2) is 9.37 Å². The summed E-state index contributed by atoms with van der Waals surface area (Å²) in [5, 5.41) is 2.55. The van der Waals surface area contributed by atoms with Gasteiger partial charge >= 0.3 is 0 Å². The van der Waals surface area contributed by atoms with Crippen LogP contribution in [0, 0.1) is 12.7 Å². The van der Waals surface area contributed by atoms with E-state index in [2.05, 4.69) is 4.98 Å². The van der Waals surface area contributed by atoms with Crippen LogP contribution < -0.4 is 0 Å². The Morgan fingerprint density at radius 1 is 1.33 bits per heavy atom. The number of hydrogen-bond donors (Lipinski definition) is 0. The average Bonchev–Trinajstić information content (AvgIpc) is 3.16. The lowest BCUT2D eigenvalue weighted by molar-refractivity contribution is -0.129. The van der Waals surface area contributed by atoms with Gasteiger partial charge in [-0.3, -0.25) is 4.79 Å². The van der Waals surface area contributed by atoms with Crippen molar-refractivity contribution in [3.63, 3.8) is 0 Å². The summed E-state index contributed by atoms with van der Waals surface area (Å²) in [4.78, 5) is 18.4. The Balaban J connectivity index is 1.64. The zero-order valence-electron chi connectivity index (χ0n) is 13.5. The van der Waals surface area contributed by atoms with Crippen LogP contribution >= 0.6 is 11.3 Å². The minimum Gasteiger partial charge on any atom is -0.464 e. The molecule has 3 rings (SSSR count). The van der Waals surface area contributed by atoms with E-state index in [-0.39, 0.29) is 18.1 Å². The maximum Gasteiger partial charge on any atom is 0.228 e. The highest BCUT2D eigenvalue weighted by Gasteiger charge is 2.14. The molecule has 6 heteroatoms. The third kappa shape index (κ3) is 3.89. The van der Waals surface area contributed by atoms with E-state index in [1.54, 1.807) is 24.1 Å². The molecule has 0 saturated heterocycles. The van der Waals surface area contributed by atoms with Gasteiger partial charge in [0.25, 0.3) is 0 Å². The Kier molecular flexibility index (Phi) is 4.76. The van der Waals surface area contributed by atoms with Crippen molar-refractivity contribution in [2.45, 2.75) is 19.9 Å². The minimum atomic E-state index is -0.297. The number of aryl methyl sites for hydroxylation is 1. The first-order valence-electron chi connectivity index (χ1n) is 7.51. The fourth-order valence-corrected chi connectivity index (χ4v) is 3.14. The van der Waals surface area contributed by atoms with Gasteiger partial charge in [-0.05, 0) is 31.2 Å². The summed E-state index contributed by atoms with van der Waals surface area (Å²) in [6.07, 6.45) is 0.210. The van der Waals surface area contributed by atoms with Crippen LogP contribution in [0.2, 0.25) is 0 Å². The molecule has 0 aliphatic heterocycles. The molecular weight excluding hydrogens is 327 g/mol. The molecular formula is C18H17FN2O2S. The maximum absolute atomic E-state index is 13.3. The Hall–Kier alpha value is -2.47. The second-order valence-corrected chi connectivity index (χ2v) is 6.45. The van der Waals surface area contributed by atoms with Gasteiger partial charge in [-0.2, -0.15) is 0 Å². The molecule has 0 N–H and O–H groups in total. The summed E-state index contributed by atoms with van der Waals surface area (Å²) in [6.45, 7) is 2.29. The van der Waals surface area contributed by atoms with Crippen molar-refractivity contribution in [3.05, 3.63) is 64.8 Å². The average molecular weight is 344 g/mol. The Morgan fingerprint density at radius 2 is 2.17 bits per heavy atom. The molecule has 2 heterocycles. The van der Waals surface area contributed by atoms with Crippen molar-refractivity contribution in [2.75, 3.05) is 7.05 Å². The van der Waals surface area contributed by atoms with Crippen LogP contribution in [0.1, 0.15) is 17.2 Å². The number of furan rings is 1.